The number of furan rings is 1. The zero-order chi connectivity index (χ0) is 20.1. The fourth-order valence-corrected chi connectivity index (χ4v) is 4.78. The van der Waals surface area contributed by atoms with Gasteiger partial charge in [0.25, 0.3) is 0 Å². The van der Waals surface area contributed by atoms with E-state index in [4.69, 9.17) is 9.15 Å². The van der Waals surface area contributed by atoms with Crippen molar-refractivity contribution >= 4 is 27.7 Å². The van der Waals surface area contributed by atoms with E-state index in [-0.39, 0.29) is 16.6 Å². The summed E-state index contributed by atoms with van der Waals surface area (Å²) in [6.45, 7) is 2.81. The van der Waals surface area contributed by atoms with Gasteiger partial charge in [0.05, 0.1) is 7.11 Å². The molecule has 1 saturated heterocycles. The number of methoxy groups -OCH3 is 1. The van der Waals surface area contributed by atoms with Gasteiger partial charge in [-0.3, -0.25) is 4.79 Å². The molecule has 0 unspecified atom stereocenters. The van der Waals surface area contributed by atoms with Gasteiger partial charge >= 0.3 is 0 Å². The van der Waals surface area contributed by atoms with Crippen LogP contribution in [-0.2, 0) is 14.8 Å². The van der Waals surface area contributed by atoms with E-state index in [1.54, 1.807) is 30.3 Å². The molecule has 0 saturated carbocycles. The van der Waals surface area contributed by atoms with Gasteiger partial charge < -0.3 is 14.5 Å². The molecular formula is C20H24N2O5S. The smallest absolute Gasteiger partial charge is 0.248 e. The van der Waals surface area contributed by atoms with Gasteiger partial charge in [0.15, 0.2) is 0 Å². The number of hydrogen-bond acceptors (Lipinski definition) is 5. The monoisotopic (exact) mass is 404 g/mol. The number of anilines is 1. The first-order chi connectivity index (χ1) is 13.4. The molecule has 1 aliphatic heterocycles. The molecule has 150 valence electrons. The first-order valence-electron chi connectivity index (χ1n) is 9.14. The van der Waals surface area contributed by atoms with Crippen molar-refractivity contribution in [3.8, 4) is 5.75 Å². The van der Waals surface area contributed by atoms with Crippen molar-refractivity contribution in [3.05, 3.63) is 47.9 Å². The maximum atomic E-state index is 13.0. The van der Waals surface area contributed by atoms with Crippen molar-refractivity contribution in [3.63, 3.8) is 0 Å². The molecule has 0 atom stereocenters. The van der Waals surface area contributed by atoms with Gasteiger partial charge in [0, 0.05) is 24.9 Å². The molecule has 0 aliphatic carbocycles. The topological polar surface area (TPSA) is 88.8 Å². The Hall–Kier alpha value is -2.58. The molecule has 1 aromatic carbocycles. The number of amides is 1. The SMILES string of the molecule is COc1ccc(NC(=O)/C=C/c2ccc(C)o2)cc1S(=O)(=O)N1CCCCC1. The van der Waals surface area contributed by atoms with E-state index in [0.29, 0.717) is 24.5 Å². The van der Waals surface area contributed by atoms with Gasteiger partial charge in [0.2, 0.25) is 15.9 Å². The van der Waals surface area contributed by atoms with Crippen LogP contribution in [0.5, 0.6) is 5.75 Å². The highest BCUT2D eigenvalue weighted by Crippen LogP contribution is 2.31. The van der Waals surface area contributed by atoms with Crippen LogP contribution in [0.4, 0.5) is 5.69 Å². The molecule has 2 aromatic rings. The number of benzene rings is 1. The summed E-state index contributed by atoms with van der Waals surface area (Å²) in [5, 5.41) is 2.68. The molecule has 28 heavy (non-hydrogen) atoms. The summed E-state index contributed by atoms with van der Waals surface area (Å²) in [6.07, 6.45) is 5.60. The van der Waals surface area contributed by atoms with Crippen LogP contribution in [0.25, 0.3) is 6.08 Å². The van der Waals surface area contributed by atoms with Crippen LogP contribution in [0.15, 0.2) is 45.7 Å². The molecule has 0 bridgehead atoms. The number of sulfonamides is 1. The molecule has 0 radical (unpaired) electrons. The Kier molecular flexibility index (Phi) is 6.21. The van der Waals surface area contributed by atoms with E-state index in [1.165, 1.54) is 23.6 Å². The van der Waals surface area contributed by atoms with Crippen LogP contribution in [0.2, 0.25) is 0 Å². The van der Waals surface area contributed by atoms with Crippen molar-refractivity contribution in [2.45, 2.75) is 31.1 Å². The molecule has 1 aliphatic rings. The molecule has 1 amide bonds. The summed E-state index contributed by atoms with van der Waals surface area (Å²) < 4.78 is 38.1. The predicted octanol–water partition coefficient (Wildman–Crippen LogP) is 3.42. The van der Waals surface area contributed by atoms with Gasteiger partial charge in [-0.1, -0.05) is 6.42 Å². The maximum absolute atomic E-state index is 13.0. The number of ether oxygens (including phenoxy) is 1. The van der Waals surface area contributed by atoms with Crippen molar-refractivity contribution in [2.75, 3.05) is 25.5 Å². The molecule has 3 rings (SSSR count). The second kappa shape index (κ2) is 8.62. The molecule has 2 heterocycles. The maximum Gasteiger partial charge on any atom is 0.248 e. The Balaban J connectivity index is 1.80. The third-order valence-electron chi connectivity index (χ3n) is 4.52. The first kappa shape index (κ1) is 20.2. The zero-order valence-corrected chi connectivity index (χ0v) is 16.8. The molecule has 1 N–H and O–H groups in total. The summed E-state index contributed by atoms with van der Waals surface area (Å²) in [5.74, 6) is 1.18. The summed E-state index contributed by atoms with van der Waals surface area (Å²) in [6, 6.07) is 8.16. The van der Waals surface area contributed by atoms with Crippen LogP contribution < -0.4 is 10.1 Å². The Bertz CT molecular complexity index is 972. The van der Waals surface area contributed by atoms with Crippen molar-refractivity contribution in [2.24, 2.45) is 0 Å². The fraction of sp³-hybridized carbons (Fsp3) is 0.350. The van der Waals surface area contributed by atoms with Crippen LogP contribution in [-0.4, -0.2) is 38.8 Å². The van der Waals surface area contributed by atoms with Crippen molar-refractivity contribution < 1.29 is 22.4 Å². The third kappa shape index (κ3) is 4.63. The Morgan fingerprint density at radius 1 is 1.18 bits per heavy atom. The second-order valence-corrected chi connectivity index (χ2v) is 8.51. The highest BCUT2D eigenvalue weighted by molar-refractivity contribution is 7.89. The molecule has 8 heteroatoms. The minimum Gasteiger partial charge on any atom is -0.495 e. The quantitative estimate of drug-likeness (QED) is 0.745. The highest BCUT2D eigenvalue weighted by atomic mass is 32.2. The fourth-order valence-electron chi connectivity index (χ4n) is 3.09. The van der Waals surface area contributed by atoms with E-state index in [0.717, 1.165) is 25.0 Å². The minimum absolute atomic E-state index is 0.0559. The van der Waals surface area contributed by atoms with Gasteiger partial charge in [-0.15, -0.1) is 0 Å². The average Bonchev–Trinajstić information content (AvgIpc) is 3.12. The predicted molar refractivity (Wildman–Crippen MR) is 107 cm³/mol. The van der Waals surface area contributed by atoms with E-state index < -0.39 is 10.0 Å². The Morgan fingerprint density at radius 2 is 1.93 bits per heavy atom. The standard InChI is InChI=1S/C20H24N2O5S/c1-15-6-8-17(27-15)9-11-20(23)21-16-7-10-18(26-2)19(14-16)28(24,25)22-12-4-3-5-13-22/h6-11,14H,3-5,12-13H2,1-2H3,(H,21,23)/b11-9+. The first-order valence-corrected chi connectivity index (χ1v) is 10.6. The number of hydrogen-bond donors (Lipinski definition) is 1. The van der Waals surface area contributed by atoms with Gasteiger partial charge in [-0.25, -0.2) is 8.42 Å². The van der Waals surface area contributed by atoms with Crippen LogP contribution in [0.1, 0.15) is 30.8 Å². The molecule has 1 fully saturated rings. The largest absolute Gasteiger partial charge is 0.495 e. The lowest BCUT2D eigenvalue weighted by Crippen LogP contribution is -2.35. The lowest BCUT2D eigenvalue weighted by Gasteiger charge is -2.26. The molecule has 0 spiro atoms. The van der Waals surface area contributed by atoms with E-state index in [2.05, 4.69) is 5.32 Å². The molecule has 7 nitrogen and oxygen atoms in total. The van der Waals surface area contributed by atoms with E-state index >= 15 is 0 Å². The number of carbonyl (C=O) groups is 1. The molecular weight excluding hydrogens is 380 g/mol. The normalized spacial score (nSPS) is 15.6. The molecule has 1 aromatic heterocycles. The van der Waals surface area contributed by atoms with Crippen LogP contribution >= 0.6 is 0 Å². The number of nitrogens with one attached hydrogen (secondary N) is 1. The number of rotatable bonds is 6. The van der Waals surface area contributed by atoms with E-state index in [9.17, 15) is 13.2 Å². The van der Waals surface area contributed by atoms with Gasteiger partial charge in [-0.05, 0) is 56.2 Å². The summed E-state index contributed by atoms with van der Waals surface area (Å²) in [5.41, 5.74) is 0.377. The summed E-state index contributed by atoms with van der Waals surface area (Å²) in [7, 11) is -2.26. The lowest BCUT2D eigenvalue weighted by atomic mass is 10.2. The van der Waals surface area contributed by atoms with Crippen LogP contribution in [0, 0.1) is 6.92 Å². The number of carbonyl (C=O) groups excluding carboxylic acids is 1. The average molecular weight is 404 g/mol. The second-order valence-electron chi connectivity index (χ2n) is 6.60. The zero-order valence-electron chi connectivity index (χ0n) is 16.0. The Labute approximate surface area is 165 Å². The van der Waals surface area contributed by atoms with E-state index in [1.807, 2.05) is 6.92 Å². The third-order valence-corrected chi connectivity index (χ3v) is 6.44. The van der Waals surface area contributed by atoms with Crippen molar-refractivity contribution in [1.29, 1.82) is 0 Å². The van der Waals surface area contributed by atoms with Crippen LogP contribution in [0.3, 0.4) is 0 Å². The highest BCUT2D eigenvalue weighted by Gasteiger charge is 2.29. The Morgan fingerprint density at radius 3 is 2.57 bits per heavy atom. The summed E-state index contributed by atoms with van der Waals surface area (Å²) in [4.78, 5) is 12.2. The number of aryl methyl sites for hydroxylation is 1. The van der Waals surface area contributed by atoms with Gasteiger partial charge in [0.1, 0.15) is 22.2 Å². The number of nitrogens with zero attached hydrogens (tertiary/aromatic N) is 1. The minimum atomic E-state index is -3.69. The van der Waals surface area contributed by atoms with Gasteiger partial charge in [-0.2, -0.15) is 4.31 Å². The van der Waals surface area contributed by atoms with Crippen molar-refractivity contribution in [1.82, 2.24) is 4.31 Å². The summed E-state index contributed by atoms with van der Waals surface area (Å²) >= 11 is 0. The lowest BCUT2D eigenvalue weighted by molar-refractivity contribution is -0.111. The number of piperidine rings is 1.